The van der Waals surface area contributed by atoms with Crippen LogP contribution in [0.4, 0.5) is 0 Å². The summed E-state index contributed by atoms with van der Waals surface area (Å²) in [5.74, 6) is 0.266. The molecule has 3 heterocycles. The maximum absolute atomic E-state index is 13.8. The summed E-state index contributed by atoms with van der Waals surface area (Å²) in [4.78, 5) is 28.9. The maximum atomic E-state index is 13.8. The van der Waals surface area contributed by atoms with E-state index in [0.29, 0.717) is 33.8 Å². The van der Waals surface area contributed by atoms with Crippen molar-refractivity contribution < 1.29 is 31.8 Å². The number of hydrogen-bond donors (Lipinski definition) is 0. The second-order valence-corrected chi connectivity index (χ2v) is 11.0. The topological polar surface area (TPSA) is 112 Å². The van der Waals surface area contributed by atoms with Gasteiger partial charge in [0.25, 0.3) is 5.91 Å². The van der Waals surface area contributed by atoms with Crippen molar-refractivity contribution in [3.8, 4) is 17.2 Å². The van der Waals surface area contributed by atoms with Crippen LogP contribution in [0.1, 0.15) is 39.7 Å². The average Bonchev–Trinajstić information content (AvgIpc) is 3.34. The number of hydrogen-bond acceptors (Lipinski definition) is 8. The Morgan fingerprint density at radius 3 is 2.26 bits per heavy atom. The van der Waals surface area contributed by atoms with Gasteiger partial charge >= 0.3 is 0 Å². The monoisotopic (exact) mass is 499 g/mol. The first-order valence-corrected chi connectivity index (χ1v) is 12.9. The predicted molar refractivity (Wildman–Crippen MR) is 128 cm³/mol. The Kier molecular flexibility index (Phi) is 5.51. The second kappa shape index (κ2) is 8.30. The minimum Gasteiger partial charge on any atom is -0.493 e. The molecule has 1 amide bonds. The van der Waals surface area contributed by atoms with E-state index in [1.54, 1.807) is 30.3 Å². The third-order valence-electron chi connectivity index (χ3n) is 6.67. The van der Waals surface area contributed by atoms with Gasteiger partial charge in [0.1, 0.15) is 5.58 Å². The van der Waals surface area contributed by atoms with E-state index in [1.165, 1.54) is 26.2 Å². The summed E-state index contributed by atoms with van der Waals surface area (Å²) in [5, 5.41) is 0.356. The van der Waals surface area contributed by atoms with Gasteiger partial charge in [-0.15, -0.1) is 0 Å². The van der Waals surface area contributed by atoms with Gasteiger partial charge in [0.2, 0.25) is 11.5 Å². The summed E-state index contributed by atoms with van der Waals surface area (Å²) >= 11 is 0. The maximum Gasteiger partial charge on any atom is 0.291 e. The fraction of sp³-hybridized carbons (Fsp3) is 0.360. The van der Waals surface area contributed by atoms with Crippen LogP contribution in [0.2, 0.25) is 0 Å². The van der Waals surface area contributed by atoms with E-state index >= 15 is 0 Å². The van der Waals surface area contributed by atoms with Crippen LogP contribution >= 0.6 is 0 Å². The quantitative estimate of drug-likeness (QED) is 0.527. The number of carbonyl (C=O) groups excluding carboxylic acids is 1. The Hall–Kier alpha value is -3.53. The van der Waals surface area contributed by atoms with Crippen molar-refractivity contribution in [3.05, 3.63) is 63.0 Å². The van der Waals surface area contributed by atoms with Gasteiger partial charge in [-0.3, -0.25) is 9.59 Å². The van der Waals surface area contributed by atoms with E-state index in [1.807, 2.05) is 6.92 Å². The highest BCUT2D eigenvalue weighted by Gasteiger charge is 2.48. The van der Waals surface area contributed by atoms with Gasteiger partial charge in [0, 0.05) is 6.04 Å². The lowest BCUT2D eigenvalue weighted by molar-refractivity contribution is 0.0662. The van der Waals surface area contributed by atoms with Crippen LogP contribution in [-0.2, 0) is 9.84 Å². The van der Waals surface area contributed by atoms with Crippen LogP contribution in [0, 0.1) is 6.92 Å². The molecule has 2 atom stereocenters. The van der Waals surface area contributed by atoms with Crippen molar-refractivity contribution in [1.82, 2.24) is 4.90 Å². The van der Waals surface area contributed by atoms with Gasteiger partial charge in [-0.1, -0.05) is 11.6 Å². The van der Waals surface area contributed by atoms with Crippen LogP contribution in [0.15, 0.2) is 39.5 Å². The first-order chi connectivity index (χ1) is 16.7. The van der Waals surface area contributed by atoms with Gasteiger partial charge in [0.15, 0.2) is 26.8 Å². The number of sulfone groups is 1. The first-order valence-electron chi connectivity index (χ1n) is 11.1. The van der Waals surface area contributed by atoms with Gasteiger partial charge in [-0.05, 0) is 43.2 Å². The molecule has 0 aliphatic carbocycles. The Morgan fingerprint density at radius 1 is 1.00 bits per heavy atom. The number of amides is 1. The number of aryl methyl sites for hydroxylation is 1. The molecule has 9 nitrogen and oxygen atoms in total. The summed E-state index contributed by atoms with van der Waals surface area (Å²) in [5.41, 5.74) is 1.54. The van der Waals surface area contributed by atoms with Crippen molar-refractivity contribution in [2.75, 3.05) is 32.8 Å². The summed E-state index contributed by atoms with van der Waals surface area (Å²) in [6.45, 7) is 1.86. The first kappa shape index (κ1) is 23.2. The third-order valence-corrected chi connectivity index (χ3v) is 8.42. The van der Waals surface area contributed by atoms with Crippen molar-refractivity contribution in [1.29, 1.82) is 0 Å². The van der Waals surface area contributed by atoms with E-state index in [9.17, 15) is 18.0 Å². The van der Waals surface area contributed by atoms with E-state index < -0.39 is 27.8 Å². The normalized spacial score (nSPS) is 20.8. The summed E-state index contributed by atoms with van der Waals surface area (Å²) in [7, 11) is 1.11. The third kappa shape index (κ3) is 3.63. The molecule has 1 fully saturated rings. The Morgan fingerprint density at radius 2 is 1.69 bits per heavy atom. The van der Waals surface area contributed by atoms with Crippen LogP contribution < -0.4 is 19.6 Å². The SMILES string of the molecule is COc1cc(C2c3c(oc4ccc(C)cc4c3=O)C(=O)N2C2CCS(=O)(=O)C2)cc(OC)c1OC. The van der Waals surface area contributed by atoms with Crippen LogP contribution in [0.25, 0.3) is 11.0 Å². The molecule has 2 unspecified atom stereocenters. The fourth-order valence-corrected chi connectivity index (χ4v) is 6.77. The van der Waals surface area contributed by atoms with Crippen molar-refractivity contribution >= 4 is 26.7 Å². The molecule has 10 heteroatoms. The number of carbonyl (C=O) groups is 1. The van der Waals surface area contributed by atoms with Crippen LogP contribution in [0.3, 0.4) is 0 Å². The molecule has 0 N–H and O–H groups in total. The fourth-order valence-electron chi connectivity index (χ4n) is 5.06. The smallest absolute Gasteiger partial charge is 0.291 e. The zero-order chi connectivity index (χ0) is 25.1. The standard InChI is InChI=1S/C25H25NO8S/c1-13-5-6-17-16(9-13)22(27)20-21(14-10-18(31-2)23(33-4)19(11-14)32-3)26(25(28)24(20)34-17)15-7-8-35(29,30)12-15/h5-6,9-11,15,21H,7-8,12H2,1-4H3. The highest BCUT2D eigenvalue weighted by atomic mass is 32.2. The van der Waals surface area contributed by atoms with Crippen LogP contribution in [0.5, 0.6) is 17.2 Å². The minimum atomic E-state index is -3.31. The molecule has 5 rings (SSSR count). The van der Waals surface area contributed by atoms with Crippen molar-refractivity contribution in [3.63, 3.8) is 0 Å². The molecule has 35 heavy (non-hydrogen) atoms. The summed E-state index contributed by atoms with van der Waals surface area (Å²) in [6, 6.07) is 7.04. The zero-order valence-corrected chi connectivity index (χ0v) is 20.6. The average molecular weight is 500 g/mol. The molecule has 0 spiro atoms. The van der Waals surface area contributed by atoms with E-state index in [2.05, 4.69) is 0 Å². The number of nitrogens with zero attached hydrogens (tertiary/aromatic N) is 1. The van der Waals surface area contributed by atoms with E-state index in [0.717, 1.165) is 5.56 Å². The number of ether oxygens (including phenoxy) is 3. The lowest BCUT2D eigenvalue weighted by atomic mass is 9.96. The molecule has 184 valence electrons. The van der Waals surface area contributed by atoms with Gasteiger partial charge in [-0.2, -0.15) is 0 Å². The van der Waals surface area contributed by atoms with Crippen molar-refractivity contribution in [2.24, 2.45) is 0 Å². The lowest BCUT2D eigenvalue weighted by Crippen LogP contribution is -2.40. The molecule has 1 aromatic heterocycles. The number of rotatable bonds is 5. The van der Waals surface area contributed by atoms with Gasteiger partial charge < -0.3 is 23.5 Å². The van der Waals surface area contributed by atoms with Gasteiger partial charge in [0.05, 0.1) is 49.8 Å². The Labute approximate surface area is 202 Å². The molecule has 0 saturated carbocycles. The summed E-state index contributed by atoms with van der Waals surface area (Å²) in [6.07, 6.45) is 0.274. The lowest BCUT2D eigenvalue weighted by Gasteiger charge is -2.30. The molecule has 2 aliphatic heterocycles. The number of methoxy groups -OCH3 is 3. The summed E-state index contributed by atoms with van der Waals surface area (Å²) < 4.78 is 47.0. The Balaban J connectivity index is 1.80. The Bertz CT molecular complexity index is 1500. The molecule has 0 bridgehead atoms. The molecular weight excluding hydrogens is 474 g/mol. The van der Waals surface area contributed by atoms with Crippen LogP contribution in [-0.4, -0.2) is 58.1 Å². The number of fused-ring (bicyclic) bond motifs is 2. The second-order valence-electron chi connectivity index (χ2n) is 8.80. The highest BCUT2D eigenvalue weighted by Crippen LogP contribution is 2.46. The molecule has 2 aromatic carbocycles. The highest BCUT2D eigenvalue weighted by molar-refractivity contribution is 7.91. The molecule has 3 aromatic rings. The predicted octanol–water partition coefficient (Wildman–Crippen LogP) is 2.86. The molecule has 2 aliphatic rings. The largest absolute Gasteiger partial charge is 0.493 e. The van der Waals surface area contributed by atoms with Crippen molar-refractivity contribution in [2.45, 2.75) is 25.4 Å². The van der Waals surface area contributed by atoms with E-state index in [4.69, 9.17) is 18.6 Å². The minimum absolute atomic E-state index is 0.0255. The molecular formula is C25H25NO8S. The molecule has 0 radical (unpaired) electrons. The zero-order valence-electron chi connectivity index (χ0n) is 19.8. The van der Waals surface area contributed by atoms with Gasteiger partial charge in [-0.25, -0.2) is 8.42 Å². The van der Waals surface area contributed by atoms with E-state index in [-0.39, 0.29) is 34.7 Å². The molecule has 1 saturated heterocycles. The number of benzene rings is 2.